The van der Waals surface area contributed by atoms with Crippen molar-refractivity contribution >= 4 is 16.9 Å². The zero-order valence-electron chi connectivity index (χ0n) is 16.8. The van der Waals surface area contributed by atoms with Crippen molar-refractivity contribution in [3.05, 3.63) is 75.0 Å². The molecule has 156 valence electrons. The number of ether oxygens (including phenoxy) is 1. The normalized spacial score (nSPS) is 15.8. The van der Waals surface area contributed by atoms with Gasteiger partial charge < -0.3 is 19.0 Å². The lowest BCUT2D eigenvalue weighted by Crippen LogP contribution is -2.45. The van der Waals surface area contributed by atoms with Crippen LogP contribution in [0.15, 0.2) is 62.7 Å². The Kier molecular flexibility index (Phi) is 5.70. The third-order valence-electron chi connectivity index (χ3n) is 5.55. The molecular formula is C23H24N2O5. The van der Waals surface area contributed by atoms with Gasteiger partial charge in [0.05, 0.1) is 0 Å². The largest absolute Gasteiger partial charge is 0.481 e. The number of benzene rings is 1. The van der Waals surface area contributed by atoms with Gasteiger partial charge in [-0.2, -0.15) is 0 Å². The molecule has 1 amide bonds. The maximum atomic E-state index is 12.8. The molecule has 1 N–H and O–H groups in total. The Balaban J connectivity index is 1.33. The summed E-state index contributed by atoms with van der Waals surface area (Å²) in [6, 6.07) is 11.7. The third-order valence-corrected chi connectivity index (χ3v) is 5.55. The van der Waals surface area contributed by atoms with Gasteiger partial charge in [0.2, 0.25) is 5.56 Å². The van der Waals surface area contributed by atoms with Crippen LogP contribution in [-0.4, -0.2) is 35.0 Å². The lowest BCUT2D eigenvalue weighted by atomic mass is 9.90. The molecule has 1 atom stereocenters. The molecule has 0 aliphatic carbocycles. The van der Waals surface area contributed by atoms with E-state index in [1.807, 2.05) is 11.0 Å². The first-order valence-corrected chi connectivity index (χ1v) is 10.1. The molecule has 7 heteroatoms. The quantitative estimate of drug-likeness (QED) is 0.656. The summed E-state index contributed by atoms with van der Waals surface area (Å²) in [4.78, 5) is 39.9. The summed E-state index contributed by atoms with van der Waals surface area (Å²) in [6.07, 6.45) is 3.86. The zero-order valence-corrected chi connectivity index (χ0v) is 16.8. The van der Waals surface area contributed by atoms with Crippen molar-refractivity contribution in [1.82, 2.24) is 9.88 Å². The molecule has 7 nitrogen and oxygen atoms in total. The summed E-state index contributed by atoms with van der Waals surface area (Å²) in [6.45, 7) is 3.11. The molecule has 0 saturated carbocycles. The predicted molar refractivity (Wildman–Crippen MR) is 113 cm³/mol. The van der Waals surface area contributed by atoms with E-state index in [9.17, 15) is 14.4 Å². The summed E-state index contributed by atoms with van der Waals surface area (Å²) < 4.78 is 11.0. The second kappa shape index (κ2) is 8.57. The standard InChI is InChI=1S/C23H24N2O5/c1-15(29-19-5-3-18-4-7-22(27)30-20(18)13-19)23(28)25-10-8-16(9-11-25)12-17-2-6-21(26)24-14-17/h2-7,13-16H,8-12H2,1H3,(H,24,26). The van der Waals surface area contributed by atoms with E-state index >= 15 is 0 Å². The molecule has 4 rings (SSSR count). The summed E-state index contributed by atoms with van der Waals surface area (Å²) in [5.74, 6) is 0.928. The summed E-state index contributed by atoms with van der Waals surface area (Å²) in [5, 5.41) is 0.797. The number of nitrogens with zero attached hydrogens (tertiary/aromatic N) is 1. The number of likely N-dealkylation sites (tertiary alicyclic amines) is 1. The van der Waals surface area contributed by atoms with Crippen LogP contribution in [0.1, 0.15) is 25.3 Å². The van der Waals surface area contributed by atoms with Crippen LogP contribution < -0.4 is 15.9 Å². The Morgan fingerprint density at radius 3 is 2.67 bits per heavy atom. The SMILES string of the molecule is CC(Oc1ccc2ccc(=O)oc2c1)C(=O)N1CCC(Cc2ccc(=O)[nH]c2)CC1. The number of carbonyl (C=O) groups is 1. The highest BCUT2D eigenvalue weighted by Gasteiger charge is 2.27. The van der Waals surface area contributed by atoms with Crippen LogP contribution in [0, 0.1) is 5.92 Å². The van der Waals surface area contributed by atoms with E-state index in [1.54, 1.807) is 43.5 Å². The van der Waals surface area contributed by atoms with E-state index in [0.29, 0.717) is 30.3 Å². The molecule has 30 heavy (non-hydrogen) atoms. The zero-order chi connectivity index (χ0) is 21.1. The van der Waals surface area contributed by atoms with Crippen LogP contribution in [0.25, 0.3) is 11.0 Å². The molecule has 2 aromatic heterocycles. The smallest absolute Gasteiger partial charge is 0.336 e. The molecule has 3 heterocycles. The van der Waals surface area contributed by atoms with Crippen LogP contribution in [-0.2, 0) is 11.2 Å². The first-order chi connectivity index (χ1) is 14.5. The van der Waals surface area contributed by atoms with Gasteiger partial charge in [-0.15, -0.1) is 0 Å². The number of H-pyrrole nitrogens is 1. The average molecular weight is 408 g/mol. The van der Waals surface area contributed by atoms with E-state index in [2.05, 4.69) is 4.98 Å². The molecule has 1 unspecified atom stereocenters. The van der Waals surface area contributed by atoms with Crippen molar-refractivity contribution in [2.24, 2.45) is 5.92 Å². The van der Waals surface area contributed by atoms with E-state index in [1.165, 1.54) is 6.07 Å². The first kappa shape index (κ1) is 19.9. The maximum absolute atomic E-state index is 12.8. The molecular weight excluding hydrogens is 384 g/mol. The Hall–Kier alpha value is -3.35. The van der Waals surface area contributed by atoms with Crippen molar-refractivity contribution in [1.29, 1.82) is 0 Å². The Labute approximate surface area is 173 Å². The Morgan fingerprint density at radius 1 is 1.17 bits per heavy atom. The molecule has 3 aromatic rings. The lowest BCUT2D eigenvalue weighted by Gasteiger charge is -2.33. The fourth-order valence-electron chi connectivity index (χ4n) is 3.89. The van der Waals surface area contributed by atoms with E-state index < -0.39 is 11.7 Å². The summed E-state index contributed by atoms with van der Waals surface area (Å²) in [5.41, 5.74) is 1.02. The molecule has 0 bridgehead atoms. The fourth-order valence-corrected chi connectivity index (χ4v) is 3.89. The fraction of sp³-hybridized carbons (Fsp3) is 0.348. The third kappa shape index (κ3) is 4.62. The molecule has 0 radical (unpaired) electrons. The molecule has 1 aliphatic heterocycles. The number of pyridine rings is 1. The number of nitrogens with one attached hydrogen (secondary N) is 1. The van der Waals surface area contributed by atoms with Crippen LogP contribution >= 0.6 is 0 Å². The number of aromatic nitrogens is 1. The van der Waals surface area contributed by atoms with E-state index in [-0.39, 0.29) is 11.5 Å². The Bertz CT molecular complexity index is 1140. The first-order valence-electron chi connectivity index (χ1n) is 10.1. The monoisotopic (exact) mass is 408 g/mol. The van der Waals surface area contributed by atoms with Gasteiger partial charge in [-0.1, -0.05) is 6.07 Å². The van der Waals surface area contributed by atoms with Crippen molar-refractivity contribution in [3.63, 3.8) is 0 Å². The second-order valence-electron chi connectivity index (χ2n) is 7.75. The second-order valence-corrected chi connectivity index (χ2v) is 7.75. The molecule has 0 spiro atoms. The topological polar surface area (TPSA) is 92.6 Å². The lowest BCUT2D eigenvalue weighted by molar-refractivity contribution is -0.139. The van der Waals surface area contributed by atoms with Gasteiger partial charge in [0, 0.05) is 42.9 Å². The van der Waals surface area contributed by atoms with Gasteiger partial charge in [-0.05, 0) is 55.9 Å². The molecule has 1 saturated heterocycles. The number of piperidine rings is 1. The highest BCUT2D eigenvalue weighted by molar-refractivity contribution is 5.81. The number of carbonyl (C=O) groups excluding carboxylic acids is 1. The van der Waals surface area contributed by atoms with Gasteiger partial charge in [0.1, 0.15) is 11.3 Å². The number of aromatic amines is 1. The summed E-state index contributed by atoms with van der Waals surface area (Å²) >= 11 is 0. The van der Waals surface area contributed by atoms with Gasteiger partial charge in [0.25, 0.3) is 5.91 Å². The average Bonchev–Trinajstić information content (AvgIpc) is 2.75. The molecule has 1 aliphatic rings. The van der Waals surface area contributed by atoms with Crippen LogP contribution in [0.5, 0.6) is 5.75 Å². The number of amides is 1. The highest BCUT2D eigenvalue weighted by atomic mass is 16.5. The van der Waals surface area contributed by atoms with Crippen LogP contribution in [0.3, 0.4) is 0 Å². The van der Waals surface area contributed by atoms with Gasteiger partial charge in [0.15, 0.2) is 6.10 Å². The number of hydrogen-bond donors (Lipinski definition) is 1. The molecule has 1 aromatic carbocycles. The number of rotatable bonds is 5. The highest BCUT2D eigenvalue weighted by Crippen LogP contribution is 2.24. The van der Waals surface area contributed by atoms with Crippen LogP contribution in [0.4, 0.5) is 0 Å². The van der Waals surface area contributed by atoms with E-state index in [4.69, 9.17) is 9.15 Å². The van der Waals surface area contributed by atoms with Gasteiger partial charge >= 0.3 is 5.63 Å². The summed E-state index contributed by atoms with van der Waals surface area (Å²) in [7, 11) is 0. The minimum absolute atomic E-state index is 0.0490. The maximum Gasteiger partial charge on any atom is 0.336 e. The minimum atomic E-state index is -0.631. The van der Waals surface area contributed by atoms with Crippen molar-refractivity contribution in [3.8, 4) is 5.75 Å². The van der Waals surface area contributed by atoms with Crippen molar-refractivity contribution in [2.75, 3.05) is 13.1 Å². The van der Waals surface area contributed by atoms with Crippen molar-refractivity contribution < 1.29 is 13.9 Å². The Morgan fingerprint density at radius 2 is 1.93 bits per heavy atom. The number of fused-ring (bicyclic) bond motifs is 1. The predicted octanol–water partition coefficient (Wildman–Crippen LogP) is 2.73. The van der Waals surface area contributed by atoms with Gasteiger partial charge in [-0.25, -0.2) is 4.79 Å². The van der Waals surface area contributed by atoms with E-state index in [0.717, 1.165) is 30.2 Å². The van der Waals surface area contributed by atoms with Gasteiger partial charge in [-0.3, -0.25) is 9.59 Å². The molecule has 1 fully saturated rings. The number of hydrogen-bond acceptors (Lipinski definition) is 5. The van der Waals surface area contributed by atoms with Crippen molar-refractivity contribution in [2.45, 2.75) is 32.3 Å². The van der Waals surface area contributed by atoms with Crippen LogP contribution in [0.2, 0.25) is 0 Å². The minimum Gasteiger partial charge on any atom is -0.481 e.